The highest BCUT2D eigenvalue weighted by Gasteiger charge is 2.12. The van der Waals surface area contributed by atoms with E-state index in [0.717, 1.165) is 11.8 Å². The van der Waals surface area contributed by atoms with E-state index in [-0.39, 0.29) is 22.8 Å². The molecule has 0 fully saturated rings. The maximum absolute atomic E-state index is 13.2. The number of nitrogens with one attached hydrogen (secondary N) is 1. The lowest BCUT2D eigenvalue weighted by molar-refractivity contribution is -0.113. The van der Waals surface area contributed by atoms with Gasteiger partial charge in [-0.05, 0) is 36.4 Å². The van der Waals surface area contributed by atoms with Crippen LogP contribution >= 0.6 is 35.0 Å². The highest BCUT2D eigenvalue weighted by molar-refractivity contribution is 7.99. The zero-order chi connectivity index (χ0) is 17.8. The van der Waals surface area contributed by atoms with Crippen LogP contribution in [-0.4, -0.2) is 21.9 Å². The zero-order valence-electron chi connectivity index (χ0n) is 12.5. The molecule has 128 valence electrons. The summed E-state index contributed by atoms with van der Waals surface area (Å²) in [4.78, 5) is 12.0. The van der Waals surface area contributed by atoms with E-state index in [4.69, 9.17) is 27.6 Å². The van der Waals surface area contributed by atoms with Gasteiger partial charge in [-0.1, -0.05) is 41.0 Å². The summed E-state index contributed by atoms with van der Waals surface area (Å²) in [5, 5.41) is 11.3. The van der Waals surface area contributed by atoms with Crippen LogP contribution < -0.4 is 5.32 Å². The van der Waals surface area contributed by atoms with Gasteiger partial charge in [-0.2, -0.15) is 0 Å². The fourth-order valence-corrected chi connectivity index (χ4v) is 2.77. The molecule has 2 aromatic carbocycles. The molecule has 0 saturated heterocycles. The van der Waals surface area contributed by atoms with Crippen molar-refractivity contribution >= 4 is 46.6 Å². The fourth-order valence-electron chi connectivity index (χ4n) is 1.90. The number of hydrogen-bond donors (Lipinski definition) is 1. The van der Waals surface area contributed by atoms with Crippen LogP contribution in [0.15, 0.2) is 52.1 Å². The third-order valence-corrected chi connectivity index (χ3v) is 4.57. The van der Waals surface area contributed by atoms with Gasteiger partial charge in [0.15, 0.2) is 0 Å². The lowest BCUT2D eigenvalue weighted by Gasteiger charge is -2.05. The molecular formula is C16H10Cl2FN3O2S. The molecule has 0 radical (unpaired) electrons. The summed E-state index contributed by atoms with van der Waals surface area (Å²) in [6, 6.07) is 10.6. The van der Waals surface area contributed by atoms with Gasteiger partial charge in [0, 0.05) is 11.3 Å². The second-order valence-corrected chi connectivity index (χ2v) is 6.59. The number of halogens is 3. The molecule has 1 aromatic heterocycles. The predicted octanol–water partition coefficient (Wildman–Crippen LogP) is 4.91. The molecule has 3 rings (SSSR count). The summed E-state index contributed by atoms with van der Waals surface area (Å²) < 4.78 is 18.6. The summed E-state index contributed by atoms with van der Waals surface area (Å²) in [5.74, 6) is -0.419. The topological polar surface area (TPSA) is 68.0 Å². The monoisotopic (exact) mass is 397 g/mol. The van der Waals surface area contributed by atoms with E-state index in [1.165, 1.54) is 12.1 Å². The van der Waals surface area contributed by atoms with E-state index in [1.807, 2.05) is 0 Å². The number of carbonyl (C=O) groups excluding carboxylic acids is 1. The zero-order valence-corrected chi connectivity index (χ0v) is 14.8. The standard InChI is InChI=1S/C16H10Cl2FN3O2S/c17-12-5-4-11(7-13(12)18)20-14(23)8-25-16-22-21-15(24-16)9-2-1-3-10(19)6-9/h1-7H,8H2,(H,20,23). The van der Waals surface area contributed by atoms with Crippen LogP contribution in [0.1, 0.15) is 0 Å². The third kappa shape index (κ3) is 4.72. The molecule has 3 aromatic rings. The van der Waals surface area contributed by atoms with Crippen molar-refractivity contribution in [2.24, 2.45) is 0 Å². The Hall–Kier alpha value is -2.09. The van der Waals surface area contributed by atoms with Crippen molar-refractivity contribution in [1.82, 2.24) is 10.2 Å². The molecule has 1 N–H and O–H groups in total. The normalized spacial score (nSPS) is 10.7. The summed E-state index contributed by atoms with van der Waals surface area (Å²) >= 11 is 12.8. The second kappa shape index (κ2) is 7.86. The van der Waals surface area contributed by atoms with Crippen molar-refractivity contribution in [3.8, 4) is 11.5 Å². The van der Waals surface area contributed by atoms with Gasteiger partial charge < -0.3 is 9.73 Å². The molecule has 0 spiro atoms. The van der Waals surface area contributed by atoms with Gasteiger partial charge in [0.1, 0.15) is 5.82 Å². The van der Waals surface area contributed by atoms with Crippen LogP contribution in [-0.2, 0) is 4.79 Å². The molecule has 5 nitrogen and oxygen atoms in total. The molecule has 0 aliphatic heterocycles. The molecule has 0 saturated carbocycles. The second-order valence-electron chi connectivity index (χ2n) is 4.85. The average Bonchev–Trinajstić information content (AvgIpc) is 3.05. The Morgan fingerprint density at radius 3 is 2.76 bits per heavy atom. The van der Waals surface area contributed by atoms with Gasteiger partial charge in [0.05, 0.1) is 15.8 Å². The van der Waals surface area contributed by atoms with Crippen LogP contribution in [0.25, 0.3) is 11.5 Å². The summed E-state index contributed by atoms with van der Waals surface area (Å²) in [6.45, 7) is 0. The van der Waals surface area contributed by atoms with Crippen LogP contribution in [0.3, 0.4) is 0 Å². The highest BCUT2D eigenvalue weighted by Crippen LogP contribution is 2.26. The number of nitrogens with zero attached hydrogens (tertiary/aromatic N) is 2. The quantitative estimate of drug-likeness (QED) is 0.619. The van der Waals surface area contributed by atoms with Crippen molar-refractivity contribution in [2.75, 3.05) is 11.1 Å². The minimum atomic E-state index is -0.397. The minimum Gasteiger partial charge on any atom is -0.411 e. The van der Waals surface area contributed by atoms with E-state index in [1.54, 1.807) is 30.3 Å². The predicted molar refractivity (Wildman–Crippen MR) is 95.5 cm³/mol. The highest BCUT2D eigenvalue weighted by atomic mass is 35.5. The Morgan fingerprint density at radius 2 is 2.00 bits per heavy atom. The first-order valence-corrected chi connectivity index (χ1v) is 8.72. The molecule has 0 aliphatic carbocycles. The van der Waals surface area contributed by atoms with Crippen LogP contribution in [0.2, 0.25) is 10.0 Å². The molecule has 25 heavy (non-hydrogen) atoms. The van der Waals surface area contributed by atoms with Gasteiger partial charge in [-0.3, -0.25) is 4.79 Å². The molecule has 1 heterocycles. The summed E-state index contributed by atoms with van der Waals surface area (Å²) in [7, 11) is 0. The van der Waals surface area contributed by atoms with Gasteiger partial charge in [-0.25, -0.2) is 4.39 Å². The smallest absolute Gasteiger partial charge is 0.277 e. The van der Waals surface area contributed by atoms with Crippen molar-refractivity contribution in [3.05, 3.63) is 58.3 Å². The first-order chi connectivity index (χ1) is 12.0. The molecule has 1 amide bonds. The van der Waals surface area contributed by atoms with Crippen molar-refractivity contribution in [1.29, 1.82) is 0 Å². The van der Waals surface area contributed by atoms with Crippen molar-refractivity contribution < 1.29 is 13.6 Å². The van der Waals surface area contributed by atoms with Gasteiger partial charge >= 0.3 is 0 Å². The Kier molecular flexibility index (Phi) is 5.57. The van der Waals surface area contributed by atoms with Crippen LogP contribution in [0.4, 0.5) is 10.1 Å². The maximum Gasteiger partial charge on any atom is 0.277 e. The van der Waals surface area contributed by atoms with E-state index in [9.17, 15) is 9.18 Å². The first-order valence-electron chi connectivity index (χ1n) is 6.98. The number of hydrogen-bond acceptors (Lipinski definition) is 5. The van der Waals surface area contributed by atoms with E-state index in [0.29, 0.717) is 21.3 Å². The minimum absolute atomic E-state index is 0.0605. The lowest BCUT2D eigenvalue weighted by atomic mass is 10.2. The Balaban J connectivity index is 1.58. The van der Waals surface area contributed by atoms with E-state index >= 15 is 0 Å². The maximum atomic E-state index is 13.2. The van der Waals surface area contributed by atoms with E-state index < -0.39 is 5.82 Å². The number of carbonyl (C=O) groups is 1. The number of aromatic nitrogens is 2. The molecule has 0 unspecified atom stereocenters. The van der Waals surface area contributed by atoms with Crippen molar-refractivity contribution in [3.63, 3.8) is 0 Å². The van der Waals surface area contributed by atoms with Crippen LogP contribution in [0.5, 0.6) is 0 Å². The van der Waals surface area contributed by atoms with Crippen LogP contribution in [0, 0.1) is 5.82 Å². The molecule has 0 atom stereocenters. The fraction of sp³-hybridized carbons (Fsp3) is 0.0625. The van der Waals surface area contributed by atoms with Gasteiger partial charge in [-0.15, -0.1) is 10.2 Å². The van der Waals surface area contributed by atoms with Crippen molar-refractivity contribution in [2.45, 2.75) is 5.22 Å². The third-order valence-electron chi connectivity index (χ3n) is 3.01. The van der Waals surface area contributed by atoms with E-state index in [2.05, 4.69) is 15.5 Å². The number of amides is 1. The first kappa shape index (κ1) is 17.7. The number of rotatable bonds is 5. The lowest BCUT2D eigenvalue weighted by Crippen LogP contribution is -2.13. The Bertz CT molecular complexity index is 920. The average molecular weight is 398 g/mol. The largest absolute Gasteiger partial charge is 0.411 e. The molecule has 0 bridgehead atoms. The number of benzene rings is 2. The number of thioether (sulfide) groups is 1. The van der Waals surface area contributed by atoms with Gasteiger partial charge in [0.2, 0.25) is 11.8 Å². The van der Waals surface area contributed by atoms with Gasteiger partial charge in [0.25, 0.3) is 5.22 Å². The SMILES string of the molecule is O=C(CSc1nnc(-c2cccc(F)c2)o1)Nc1ccc(Cl)c(Cl)c1. The molecule has 9 heteroatoms. The molecular weight excluding hydrogens is 388 g/mol. The Morgan fingerprint density at radius 1 is 1.16 bits per heavy atom. The summed E-state index contributed by atoms with van der Waals surface area (Å²) in [5.41, 5.74) is 1.01. The summed E-state index contributed by atoms with van der Waals surface area (Å²) in [6.07, 6.45) is 0. The molecule has 0 aliphatic rings. The Labute approximate surface area is 156 Å². The number of anilines is 1.